The van der Waals surface area contributed by atoms with Crippen LogP contribution in [0.3, 0.4) is 0 Å². The highest BCUT2D eigenvalue weighted by atomic mass is 35.5. The number of rotatable bonds is 9. The maximum Gasteiger partial charge on any atom is 0.348 e. The third-order valence-electron chi connectivity index (χ3n) is 2.69. The van der Waals surface area contributed by atoms with E-state index in [2.05, 4.69) is 12.2 Å². The number of hydrogen-bond donors (Lipinski definition) is 1. The first-order valence-corrected chi connectivity index (χ1v) is 8.02. The summed E-state index contributed by atoms with van der Waals surface area (Å²) in [4.78, 5) is 23.5. The Bertz CT molecular complexity index is 434. The average molecular weight is 318 g/mol. The molecule has 6 heteroatoms. The molecule has 1 aromatic rings. The van der Waals surface area contributed by atoms with Gasteiger partial charge in [-0.05, 0) is 18.6 Å². The lowest BCUT2D eigenvalue weighted by atomic mass is 10.1. The molecule has 0 unspecified atom stereocenters. The molecule has 0 bridgehead atoms. The Morgan fingerprint density at radius 2 is 2.10 bits per heavy atom. The number of ether oxygens (including phenoxy) is 1. The minimum Gasteiger partial charge on any atom is -0.460 e. The Morgan fingerprint density at radius 3 is 2.75 bits per heavy atom. The molecular weight excluding hydrogens is 298 g/mol. The lowest BCUT2D eigenvalue weighted by Crippen LogP contribution is -2.27. The summed E-state index contributed by atoms with van der Waals surface area (Å²) in [6.07, 6.45) is 4.85. The summed E-state index contributed by atoms with van der Waals surface area (Å²) in [6.45, 7) is 2.65. The maximum absolute atomic E-state index is 11.6. The van der Waals surface area contributed by atoms with Gasteiger partial charge in [0.05, 0.1) is 10.9 Å². The largest absolute Gasteiger partial charge is 0.460 e. The van der Waals surface area contributed by atoms with Gasteiger partial charge in [0.25, 0.3) is 0 Å². The molecule has 1 aromatic heterocycles. The Labute approximate surface area is 128 Å². The second kappa shape index (κ2) is 9.77. The molecule has 0 saturated carbocycles. The smallest absolute Gasteiger partial charge is 0.348 e. The second-order valence-corrected chi connectivity index (χ2v) is 6.12. The standard InChI is InChI=1S/C14H20ClNO3S/c1-2-3-4-5-6-13(17)16-9-10-19-14(18)11-7-8-12(15)20-11/h7-8H,2-6,9-10H2,1H3,(H,16,17). The molecule has 0 aliphatic carbocycles. The SMILES string of the molecule is CCCCCCC(=O)NCCOC(=O)c1ccc(Cl)s1. The van der Waals surface area contributed by atoms with E-state index in [1.165, 1.54) is 11.3 Å². The summed E-state index contributed by atoms with van der Waals surface area (Å²) in [5, 5.41) is 2.73. The van der Waals surface area contributed by atoms with Gasteiger partial charge in [0.15, 0.2) is 0 Å². The third-order valence-corrected chi connectivity index (χ3v) is 3.90. The van der Waals surface area contributed by atoms with E-state index in [1.807, 2.05) is 0 Å². The Kier molecular flexibility index (Phi) is 8.30. The quantitative estimate of drug-likeness (QED) is 0.559. The molecule has 1 amide bonds. The summed E-state index contributed by atoms with van der Waals surface area (Å²) in [5.41, 5.74) is 0. The fourth-order valence-electron chi connectivity index (χ4n) is 1.63. The van der Waals surface area contributed by atoms with Crippen LogP contribution in [0.5, 0.6) is 0 Å². The van der Waals surface area contributed by atoms with Crippen molar-refractivity contribution in [3.05, 3.63) is 21.3 Å². The fourth-order valence-corrected chi connectivity index (χ4v) is 2.57. The number of nitrogens with one attached hydrogen (secondary N) is 1. The lowest BCUT2D eigenvalue weighted by molar-refractivity contribution is -0.121. The molecule has 20 heavy (non-hydrogen) atoms. The van der Waals surface area contributed by atoms with E-state index in [9.17, 15) is 9.59 Å². The number of thiophene rings is 1. The van der Waals surface area contributed by atoms with Crippen LogP contribution < -0.4 is 5.32 Å². The van der Waals surface area contributed by atoms with Crippen molar-refractivity contribution in [3.8, 4) is 0 Å². The van der Waals surface area contributed by atoms with Crippen molar-refractivity contribution in [2.45, 2.75) is 39.0 Å². The zero-order valence-electron chi connectivity index (χ0n) is 11.6. The van der Waals surface area contributed by atoms with Crippen molar-refractivity contribution in [2.24, 2.45) is 0 Å². The van der Waals surface area contributed by atoms with E-state index in [0.29, 0.717) is 22.2 Å². The molecule has 0 aliphatic heterocycles. The molecule has 1 heterocycles. The molecule has 0 saturated heterocycles. The Balaban J connectivity index is 2.06. The summed E-state index contributed by atoms with van der Waals surface area (Å²) in [5.74, 6) is -0.393. The zero-order valence-corrected chi connectivity index (χ0v) is 13.2. The van der Waals surface area contributed by atoms with E-state index in [-0.39, 0.29) is 12.5 Å². The number of carbonyl (C=O) groups is 2. The van der Waals surface area contributed by atoms with E-state index < -0.39 is 5.97 Å². The van der Waals surface area contributed by atoms with Crippen molar-refractivity contribution in [1.29, 1.82) is 0 Å². The number of carbonyl (C=O) groups excluding carboxylic acids is 2. The van der Waals surface area contributed by atoms with Gasteiger partial charge in [-0.2, -0.15) is 0 Å². The second-order valence-electron chi connectivity index (χ2n) is 4.40. The molecule has 0 atom stereocenters. The summed E-state index contributed by atoms with van der Waals surface area (Å²) in [6, 6.07) is 3.28. The molecule has 0 spiro atoms. The van der Waals surface area contributed by atoms with Crippen LogP contribution in [-0.2, 0) is 9.53 Å². The van der Waals surface area contributed by atoms with Gasteiger partial charge in [0.1, 0.15) is 11.5 Å². The Hall–Kier alpha value is -1.07. The molecule has 4 nitrogen and oxygen atoms in total. The number of esters is 1. The average Bonchev–Trinajstić information content (AvgIpc) is 2.86. The highest BCUT2D eigenvalue weighted by molar-refractivity contribution is 7.17. The predicted molar refractivity (Wildman–Crippen MR) is 81.4 cm³/mol. The highest BCUT2D eigenvalue weighted by Gasteiger charge is 2.09. The first-order valence-electron chi connectivity index (χ1n) is 6.82. The molecule has 1 rings (SSSR count). The molecule has 0 aromatic carbocycles. The van der Waals surface area contributed by atoms with Crippen LogP contribution in [-0.4, -0.2) is 25.0 Å². The summed E-state index contributed by atoms with van der Waals surface area (Å²) >= 11 is 6.91. The van der Waals surface area contributed by atoms with Crippen molar-refractivity contribution in [3.63, 3.8) is 0 Å². The van der Waals surface area contributed by atoms with E-state index in [4.69, 9.17) is 16.3 Å². The lowest BCUT2D eigenvalue weighted by Gasteiger charge is -2.06. The van der Waals surface area contributed by atoms with Crippen LogP contribution >= 0.6 is 22.9 Å². The number of halogens is 1. The molecule has 0 aliphatic rings. The van der Waals surface area contributed by atoms with Gasteiger partial charge in [0.2, 0.25) is 5.91 Å². The first kappa shape index (κ1) is 17.0. The third kappa shape index (κ3) is 6.91. The summed E-state index contributed by atoms with van der Waals surface area (Å²) < 4.78 is 5.59. The fraction of sp³-hybridized carbons (Fsp3) is 0.571. The number of unbranched alkanes of at least 4 members (excludes halogenated alkanes) is 3. The minimum atomic E-state index is -0.404. The Morgan fingerprint density at radius 1 is 1.30 bits per heavy atom. The summed E-state index contributed by atoms with van der Waals surface area (Å²) in [7, 11) is 0. The van der Waals surface area contributed by atoms with Crippen LogP contribution in [0.4, 0.5) is 0 Å². The van der Waals surface area contributed by atoms with Crippen LogP contribution in [0.25, 0.3) is 0 Å². The van der Waals surface area contributed by atoms with E-state index in [1.54, 1.807) is 12.1 Å². The van der Waals surface area contributed by atoms with Gasteiger partial charge >= 0.3 is 5.97 Å². The topological polar surface area (TPSA) is 55.4 Å². The molecular formula is C14H20ClNO3S. The van der Waals surface area contributed by atoms with Crippen LogP contribution in [0.15, 0.2) is 12.1 Å². The maximum atomic E-state index is 11.6. The van der Waals surface area contributed by atoms with Gasteiger partial charge in [-0.3, -0.25) is 4.79 Å². The van der Waals surface area contributed by atoms with Crippen molar-refractivity contribution in [2.75, 3.05) is 13.2 Å². The van der Waals surface area contributed by atoms with Crippen LogP contribution in [0.1, 0.15) is 48.7 Å². The van der Waals surface area contributed by atoms with Gasteiger partial charge in [-0.25, -0.2) is 4.79 Å². The van der Waals surface area contributed by atoms with Crippen LogP contribution in [0, 0.1) is 0 Å². The molecule has 0 fully saturated rings. The highest BCUT2D eigenvalue weighted by Crippen LogP contribution is 2.21. The molecule has 1 N–H and O–H groups in total. The number of amides is 1. The van der Waals surface area contributed by atoms with Crippen molar-refractivity contribution in [1.82, 2.24) is 5.32 Å². The van der Waals surface area contributed by atoms with E-state index >= 15 is 0 Å². The van der Waals surface area contributed by atoms with Gasteiger partial charge < -0.3 is 10.1 Å². The zero-order chi connectivity index (χ0) is 14.8. The molecule has 112 valence electrons. The van der Waals surface area contributed by atoms with E-state index in [0.717, 1.165) is 25.7 Å². The van der Waals surface area contributed by atoms with Gasteiger partial charge in [0, 0.05) is 6.42 Å². The predicted octanol–water partition coefficient (Wildman–Crippen LogP) is 3.64. The first-order chi connectivity index (χ1) is 9.63. The normalized spacial score (nSPS) is 10.3. The van der Waals surface area contributed by atoms with Gasteiger partial charge in [-0.1, -0.05) is 37.8 Å². The minimum absolute atomic E-state index is 0.0105. The van der Waals surface area contributed by atoms with Crippen molar-refractivity contribution < 1.29 is 14.3 Å². The number of hydrogen-bond acceptors (Lipinski definition) is 4. The van der Waals surface area contributed by atoms with Crippen LogP contribution in [0.2, 0.25) is 4.34 Å². The monoisotopic (exact) mass is 317 g/mol. The molecule has 0 radical (unpaired) electrons. The van der Waals surface area contributed by atoms with Crippen molar-refractivity contribution >= 4 is 34.8 Å². The van der Waals surface area contributed by atoms with Gasteiger partial charge in [-0.15, -0.1) is 11.3 Å².